The largest absolute Gasteiger partial charge is 0.491 e. The molecule has 0 saturated heterocycles. The predicted octanol–water partition coefficient (Wildman–Crippen LogP) is 3.21. The molecule has 2 aromatic rings. The van der Waals surface area contributed by atoms with Crippen molar-refractivity contribution in [2.75, 3.05) is 7.11 Å². The van der Waals surface area contributed by atoms with E-state index in [4.69, 9.17) is 0 Å². The second-order valence-electron chi connectivity index (χ2n) is 4.64. The van der Waals surface area contributed by atoms with Gasteiger partial charge in [-0.1, -0.05) is 29.8 Å². The molecule has 0 aromatic heterocycles. The summed E-state index contributed by atoms with van der Waals surface area (Å²) in [6.45, 7) is 2.25. The molecule has 110 valence electrons. The number of amides is 1. The quantitative estimate of drug-likeness (QED) is 0.939. The van der Waals surface area contributed by atoms with E-state index in [2.05, 4.69) is 10.1 Å². The zero-order valence-corrected chi connectivity index (χ0v) is 11.7. The van der Waals surface area contributed by atoms with Gasteiger partial charge in [0.2, 0.25) is 0 Å². The van der Waals surface area contributed by atoms with E-state index in [1.54, 1.807) is 0 Å². The number of carbonyl (C=O) groups excluding carboxylic acids is 1. The number of carbonyl (C=O) groups is 1. The summed E-state index contributed by atoms with van der Waals surface area (Å²) in [7, 11) is 1.17. The number of benzene rings is 2. The van der Waals surface area contributed by atoms with E-state index in [1.807, 2.05) is 31.2 Å². The third-order valence-electron chi connectivity index (χ3n) is 3.04. The Morgan fingerprint density at radius 1 is 1.14 bits per heavy atom. The molecule has 0 fully saturated rings. The summed E-state index contributed by atoms with van der Waals surface area (Å²) in [6, 6.07) is 9.51. The van der Waals surface area contributed by atoms with E-state index >= 15 is 0 Å². The Kier molecular flexibility index (Phi) is 4.52. The molecule has 2 aromatic carbocycles. The zero-order valence-electron chi connectivity index (χ0n) is 11.7. The molecule has 0 unspecified atom stereocenters. The SMILES string of the molecule is COc1c(F)cc(C(=O)NCc2ccc(C)cc2)cc1F. The maximum Gasteiger partial charge on any atom is 0.251 e. The first-order chi connectivity index (χ1) is 10.0. The fourth-order valence-electron chi connectivity index (χ4n) is 1.88. The minimum Gasteiger partial charge on any atom is -0.491 e. The van der Waals surface area contributed by atoms with Crippen molar-refractivity contribution in [1.82, 2.24) is 5.32 Å². The van der Waals surface area contributed by atoms with Crippen LogP contribution in [0.4, 0.5) is 8.78 Å². The Balaban J connectivity index is 2.08. The number of hydrogen-bond acceptors (Lipinski definition) is 2. The Morgan fingerprint density at radius 3 is 2.24 bits per heavy atom. The van der Waals surface area contributed by atoms with E-state index in [0.717, 1.165) is 23.3 Å². The zero-order chi connectivity index (χ0) is 15.4. The summed E-state index contributed by atoms with van der Waals surface area (Å²) in [5.41, 5.74) is 1.94. The van der Waals surface area contributed by atoms with Gasteiger partial charge >= 0.3 is 0 Å². The molecule has 0 aliphatic rings. The monoisotopic (exact) mass is 291 g/mol. The maximum absolute atomic E-state index is 13.5. The van der Waals surface area contributed by atoms with E-state index in [1.165, 1.54) is 7.11 Å². The molecule has 0 atom stereocenters. The lowest BCUT2D eigenvalue weighted by atomic mass is 10.1. The van der Waals surface area contributed by atoms with Gasteiger partial charge in [-0.2, -0.15) is 0 Å². The maximum atomic E-state index is 13.5. The molecule has 0 heterocycles. The van der Waals surface area contributed by atoms with E-state index in [0.29, 0.717) is 0 Å². The first-order valence-corrected chi connectivity index (χ1v) is 6.38. The summed E-state index contributed by atoms with van der Waals surface area (Å²) >= 11 is 0. The van der Waals surface area contributed by atoms with Gasteiger partial charge in [0.1, 0.15) is 0 Å². The van der Waals surface area contributed by atoms with Crippen molar-refractivity contribution in [2.45, 2.75) is 13.5 Å². The van der Waals surface area contributed by atoms with Gasteiger partial charge in [0.25, 0.3) is 5.91 Å². The molecular weight excluding hydrogens is 276 g/mol. The average molecular weight is 291 g/mol. The second kappa shape index (κ2) is 6.35. The van der Waals surface area contributed by atoms with E-state index < -0.39 is 23.3 Å². The molecule has 0 radical (unpaired) electrons. The highest BCUT2D eigenvalue weighted by Gasteiger charge is 2.15. The summed E-state index contributed by atoms with van der Waals surface area (Å²) in [6.07, 6.45) is 0. The second-order valence-corrected chi connectivity index (χ2v) is 4.64. The molecule has 3 nitrogen and oxygen atoms in total. The van der Waals surface area contributed by atoms with Gasteiger partial charge in [0.15, 0.2) is 17.4 Å². The fourth-order valence-corrected chi connectivity index (χ4v) is 1.88. The van der Waals surface area contributed by atoms with Crippen LogP contribution in [0.25, 0.3) is 0 Å². The molecular formula is C16H15F2NO2. The van der Waals surface area contributed by atoms with Gasteiger partial charge in [-0.05, 0) is 24.6 Å². The number of ether oxygens (including phenoxy) is 1. The topological polar surface area (TPSA) is 38.3 Å². The van der Waals surface area contributed by atoms with Crippen molar-refractivity contribution >= 4 is 5.91 Å². The van der Waals surface area contributed by atoms with Crippen LogP contribution in [0.3, 0.4) is 0 Å². The summed E-state index contributed by atoms with van der Waals surface area (Å²) in [5.74, 6) is -2.85. The van der Waals surface area contributed by atoms with Gasteiger partial charge in [-0.25, -0.2) is 8.78 Å². The number of hydrogen-bond donors (Lipinski definition) is 1. The van der Waals surface area contributed by atoms with E-state index in [9.17, 15) is 13.6 Å². The van der Waals surface area contributed by atoms with Crippen molar-refractivity contribution in [3.05, 3.63) is 64.7 Å². The highest BCUT2D eigenvalue weighted by atomic mass is 19.1. The first kappa shape index (κ1) is 15.0. The van der Waals surface area contributed by atoms with Crippen molar-refractivity contribution in [3.63, 3.8) is 0 Å². The van der Waals surface area contributed by atoms with Gasteiger partial charge in [-0.3, -0.25) is 4.79 Å². The average Bonchev–Trinajstić information content (AvgIpc) is 2.46. The minimum atomic E-state index is -0.905. The Bertz CT molecular complexity index is 631. The minimum absolute atomic E-state index is 0.0853. The van der Waals surface area contributed by atoms with Gasteiger partial charge in [0, 0.05) is 12.1 Å². The lowest BCUT2D eigenvalue weighted by Crippen LogP contribution is -2.23. The number of nitrogens with one attached hydrogen (secondary N) is 1. The standard InChI is InChI=1S/C16H15F2NO2/c1-10-3-5-11(6-4-10)9-19-16(20)12-7-13(17)15(21-2)14(18)8-12/h3-8H,9H2,1-2H3,(H,19,20). The van der Waals surface area contributed by atoms with Crippen molar-refractivity contribution in [3.8, 4) is 5.75 Å². The van der Waals surface area contributed by atoms with Crippen molar-refractivity contribution < 1.29 is 18.3 Å². The van der Waals surface area contributed by atoms with Crippen LogP contribution in [0.2, 0.25) is 0 Å². The number of methoxy groups -OCH3 is 1. The molecule has 1 amide bonds. The van der Waals surface area contributed by atoms with Gasteiger partial charge in [-0.15, -0.1) is 0 Å². The number of aryl methyl sites for hydroxylation is 1. The number of rotatable bonds is 4. The van der Waals surface area contributed by atoms with Gasteiger partial charge < -0.3 is 10.1 Å². The third kappa shape index (κ3) is 3.56. The van der Waals surface area contributed by atoms with E-state index in [-0.39, 0.29) is 12.1 Å². The summed E-state index contributed by atoms with van der Waals surface area (Å²) < 4.78 is 31.6. The molecule has 2 rings (SSSR count). The smallest absolute Gasteiger partial charge is 0.251 e. The fraction of sp³-hybridized carbons (Fsp3) is 0.188. The van der Waals surface area contributed by atoms with Crippen LogP contribution < -0.4 is 10.1 Å². The van der Waals surface area contributed by atoms with Crippen LogP contribution in [0.15, 0.2) is 36.4 Å². The van der Waals surface area contributed by atoms with Crippen LogP contribution in [-0.4, -0.2) is 13.0 Å². The highest BCUT2D eigenvalue weighted by molar-refractivity contribution is 5.94. The molecule has 0 aliphatic heterocycles. The predicted molar refractivity (Wildman–Crippen MR) is 75.3 cm³/mol. The Hall–Kier alpha value is -2.43. The van der Waals surface area contributed by atoms with Crippen LogP contribution in [0.5, 0.6) is 5.75 Å². The molecule has 0 spiro atoms. The lowest BCUT2D eigenvalue weighted by Gasteiger charge is -2.08. The molecule has 5 heteroatoms. The highest BCUT2D eigenvalue weighted by Crippen LogP contribution is 2.22. The van der Waals surface area contributed by atoms with Crippen LogP contribution in [-0.2, 0) is 6.54 Å². The third-order valence-corrected chi connectivity index (χ3v) is 3.04. The van der Waals surface area contributed by atoms with Crippen molar-refractivity contribution in [2.24, 2.45) is 0 Å². The summed E-state index contributed by atoms with van der Waals surface area (Å²) in [5, 5.41) is 2.61. The first-order valence-electron chi connectivity index (χ1n) is 6.38. The Morgan fingerprint density at radius 2 is 1.71 bits per heavy atom. The molecule has 0 aliphatic carbocycles. The normalized spacial score (nSPS) is 10.3. The molecule has 1 N–H and O–H groups in total. The van der Waals surface area contributed by atoms with Crippen LogP contribution in [0, 0.1) is 18.6 Å². The summed E-state index contributed by atoms with van der Waals surface area (Å²) in [4.78, 5) is 11.9. The van der Waals surface area contributed by atoms with Crippen LogP contribution in [0.1, 0.15) is 21.5 Å². The number of halogens is 2. The van der Waals surface area contributed by atoms with Gasteiger partial charge in [0.05, 0.1) is 7.11 Å². The van der Waals surface area contributed by atoms with Crippen molar-refractivity contribution in [1.29, 1.82) is 0 Å². The molecule has 0 bridgehead atoms. The Labute approximate surface area is 121 Å². The van der Waals surface area contributed by atoms with Crippen LogP contribution >= 0.6 is 0 Å². The molecule has 21 heavy (non-hydrogen) atoms. The molecule has 0 saturated carbocycles. The lowest BCUT2D eigenvalue weighted by molar-refractivity contribution is 0.0950.